The molecule has 0 atom stereocenters. The SMILES string of the molecule is CN=C(NCCN1CCC1)N1CCN(Cc2ccc(Cl)cc2)C(=O)C1.I. The number of halogens is 2. The van der Waals surface area contributed by atoms with E-state index in [2.05, 4.69) is 15.2 Å². The van der Waals surface area contributed by atoms with E-state index in [-0.39, 0.29) is 29.9 Å². The lowest BCUT2D eigenvalue weighted by Gasteiger charge is -2.36. The first-order valence-electron chi connectivity index (χ1n) is 8.86. The Balaban J connectivity index is 0.00000243. The molecule has 3 rings (SSSR count). The Hall–Kier alpha value is -1.06. The fourth-order valence-electron chi connectivity index (χ4n) is 3.13. The summed E-state index contributed by atoms with van der Waals surface area (Å²) in [5.74, 6) is 0.951. The van der Waals surface area contributed by atoms with Crippen LogP contribution in [-0.4, -0.2) is 79.4 Å². The van der Waals surface area contributed by atoms with Crippen LogP contribution in [0, 0.1) is 0 Å². The molecule has 2 fully saturated rings. The maximum atomic E-state index is 12.5. The van der Waals surface area contributed by atoms with Gasteiger partial charge in [0, 0.05) is 44.8 Å². The summed E-state index contributed by atoms with van der Waals surface area (Å²) in [6.07, 6.45) is 1.30. The highest BCUT2D eigenvalue weighted by Crippen LogP contribution is 2.13. The summed E-state index contributed by atoms with van der Waals surface area (Å²) < 4.78 is 0. The van der Waals surface area contributed by atoms with Gasteiger partial charge in [-0.25, -0.2) is 0 Å². The summed E-state index contributed by atoms with van der Waals surface area (Å²) in [6, 6.07) is 7.67. The number of benzene rings is 1. The van der Waals surface area contributed by atoms with Crippen LogP contribution in [0.3, 0.4) is 0 Å². The molecule has 1 aromatic rings. The number of nitrogens with zero attached hydrogens (tertiary/aromatic N) is 4. The van der Waals surface area contributed by atoms with E-state index in [0.29, 0.717) is 24.7 Å². The lowest BCUT2D eigenvalue weighted by atomic mass is 10.2. The molecule has 2 heterocycles. The fourth-order valence-corrected chi connectivity index (χ4v) is 3.26. The summed E-state index contributed by atoms with van der Waals surface area (Å²) in [5.41, 5.74) is 1.10. The fraction of sp³-hybridized carbons (Fsp3) is 0.556. The minimum absolute atomic E-state index is 0. The first-order valence-corrected chi connectivity index (χ1v) is 9.23. The van der Waals surface area contributed by atoms with E-state index < -0.39 is 0 Å². The van der Waals surface area contributed by atoms with Crippen LogP contribution in [0.4, 0.5) is 0 Å². The van der Waals surface area contributed by atoms with Gasteiger partial charge in [-0.1, -0.05) is 23.7 Å². The molecule has 0 spiro atoms. The van der Waals surface area contributed by atoms with Gasteiger partial charge in [-0.05, 0) is 37.2 Å². The Bertz CT molecular complexity index is 621. The molecule has 0 saturated carbocycles. The second kappa shape index (κ2) is 10.3. The van der Waals surface area contributed by atoms with Gasteiger partial charge in [-0.2, -0.15) is 0 Å². The molecule has 0 bridgehead atoms. The van der Waals surface area contributed by atoms with Gasteiger partial charge in [0.15, 0.2) is 5.96 Å². The summed E-state index contributed by atoms with van der Waals surface area (Å²) in [7, 11) is 1.77. The number of piperazine rings is 1. The molecule has 0 radical (unpaired) electrons. The molecule has 1 N–H and O–H groups in total. The summed E-state index contributed by atoms with van der Waals surface area (Å²) in [5, 5.41) is 4.09. The van der Waals surface area contributed by atoms with E-state index >= 15 is 0 Å². The molecule has 1 aromatic carbocycles. The van der Waals surface area contributed by atoms with Gasteiger partial charge in [0.2, 0.25) is 5.91 Å². The zero-order valence-electron chi connectivity index (χ0n) is 15.2. The average Bonchev–Trinajstić information content (AvgIpc) is 2.57. The van der Waals surface area contributed by atoms with Crippen molar-refractivity contribution in [1.29, 1.82) is 0 Å². The predicted molar refractivity (Wildman–Crippen MR) is 116 cm³/mol. The van der Waals surface area contributed by atoms with Crippen LogP contribution >= 0.6 is 35.6 Å². The Morgan fingerprint density at radius 3 is 2.50 bits per heavy atom. The topological polar surface area (TPSA) is 51.2 Å². The summed E-state index contributed by atoms with van der Waals surface area (Å²) >= 11 is 5.92. The van der Waals surface area contributed by atoms with Crippen molar-refractivity contribution < 1.29 is 4.79 Å². The zero-order valence-corrected chi connectivity index (χ0v) is 18.2. The molecule has 2 saturated heterocycles. The molecule has 2 aliphatic heterocycles. The van der Waals surface area contributed by atoms with Crippen LogP contribution < -0.4 is 5.32 Å². The average molecular weight is 492 g/mol. The van der Waals surface area contributed by atoms with Crippen molar-refractivity contribution in [2.24, 2.45) is 4.99 Å². The maximum absolute atomic E-state index is 12.5. The van der Waals surface area contributed by atoms with Gasteiger partial charge >= 0.3 is 0 Å². The molecule has 8 heteroatoms. The van der Waals surface area contributed by atoms with Crippen LogP contribution in [0.25, 0.3) is 0 Å². The van der Waals surface area contributed by atoms with Crippen LogP contribution in [0.15, 0.2) is 29.3 Å². The van der Waals surface area contributed by atoms with E-state index in [1.54, 1.807) is 7.05 Å². The zero-order chi connectivity index (χ0) is 17.6. The highest BCUT2D eigenvalue weighted by Gasteiger charge is 2.26. The van der Waals surface area contributed by atoms with E-state index in [9.17, 15) is 4.79 Å². The lowest BCUT2D eigenvalue weighted by Crippen LogP contribution is -2.55. The van der Waals surface area contributed by atoms with Crippen LogP contribution in [0.2, 0.25) is 5.02 Å². The number of aliphatic imine (C=N–C) groups is 1. The number of likely N-dealkylation sites (tertiary alicyclic amines) is 1. The van der Waals surface area contributed by atoms with Gasteiger partial charge in [0.25, 0.3) is 0 Å². The molecule has 6 nitrogen and oxygen atoms in total. The molecule has 0 aromatic heterocycles. The third-order valence-corrected chi connectivity index (χ3v) is 5.03. The quantitative estimate of drug-likeness (QED) is 0.388. The number of amides is 1. The van der Waals surface area contributed by atoms with Crippen LogP contribution in [0.5, 0.6) is 0 Å². The molecular formula is C18H27ClIN5O. The number of guanidine groups is 1. The molecular weight excluding hydrogens is 465 g/mol. The first-order chi connectivity index (χ1) is 12.2. The Kier molecular flexibility index (Phi) is 8.43. The second-order valence-corrected chi connectivity index (χ2v) is 6.97. The third kappa shape index (κ3) is 5.72. The van der Waals surface area contributed by atoms with Crippen molar-refractivity contribution in [2.75, 3.05) is 52.9 Å². The number of carbonyl (C=O) groups is 1. The number of nitrogens with one attached hydrogen (secondary N) is 1. The molecule has 26 heavy (non-hydrogen) atoms. The van der Waals surface area contributed by atoms with Crippen molar-refractivity contribution >= 4 is 47.4 Å². The van der Waals surface area contributed by atoms with Crippen LogP contribution in [-0.2, 0) is 11.3 Å². The van der Waals surface area contributed by atoms with Crippen molar-refractivity contribution in [3.63, 3.8) is 0 Å². The maximum Gasteiger partial charge on any atom is 0.242 e. The van der Waals surface area contributed by atoms with Gasteiger partial charge in [-0.3, -0.25) is 9.79 Å². The van der Waals surface area contributed by atoms with Crippen molar-refractivity contribution in [3.05, 3.63) is 34.9 Å². The number of carbonyl (C=O) groups excluding carboxylic acids is 1. The lowest BCUT2D eigenvalue weighted by molar-refractivity contribution is -0.135. The number of hydrogen-bond donors (Lipinski definition) is 1. The molecule has 144 valence electrons. The predicted octanol–water partition coefficient (Wildman–Crippen LogP) is 1.88. The standard InChI is InChI=1S/C18H26ClN5O.HI/c1-20-18(21-7-10-22-8-2-9-22)24-12-11-23(17(25)14-24)13-15-3-5-16(19)6-4-15;/h3-6H,2,7-14H2,1H3,(H,20,21);1H. The second-order valence-electron chi connectivity index (χ2n) is 6.53. The van der Waals surface area contributed by atoms with Crippen molar-refractivity contribution in [2.45, 2.75) is 13.0 Å². The largest absolute Gasteiger partial charge is 0.355 e. The third-order valence-electron chi connectivity index (χ3n) is 4.78. The van der Waals surface area contributed by atoms with Crippen LogP contribution in [0.1, 0.15) is 12.0 Å². The number of hydrogen-bond acceptors (Lipinski definition) is 3. The highest BCUT2D eigenvalue weighted by atomic mass is 127. The van der Waals surface area contributed by atoms with Gasteiger partial charge in [-0.15, -0.1) is 24.0 Å². The van der Waals surface area contributed by atoms with Crippen molar-refractivity contribution in [3.8, 4) is 0 Å². The van der Waals surface area contributed by atoms with Gasteiger partial charge < -0.3 is 20.0 Å². The van der Waals surface area contributed by atoms with Gasteiger partial charge in [0.1, 0.15) is 0 Å². The minimum atomic E-state index is 0. The normalized spacial score (nSPS) is 18.4. The van der Waals surface area contributed by atoms with E-state index in [0.717, 1.165) is 31.2 Å². The van der Waals surface area contributed by atoms with E-state index in [4.69, 9.17) is 11.6 Å². The Morgan fingerprint density at radius 2 is 1.92 bits per heavy atom. The highest BCUT2D eigenvalue weighted by molar-refractivity contribution is 14.0. The monoisotopic (exact) mass is 491 g/mol. The smallest absolute Gasteiger partial charge is 0.242 e. The summed E-state index contributed by atoms with van der Waals surface area (Å²) in [6.45, 7) is 6.79. The molecule has 0 aliphatic carbocycles. The molecule has 0 unspecified atom stereocenters. The Morgan fingerprint density at radius 1 is 1.19 bits per heavy atom. The summed E-state index contributed by atoms with van der Waals surface area (Å²) in [4.78, 5) is 23.2. The van der Waals surface area contributed by atoms with E-state index in [1.807, 2.05) is 34.1 Å². The first kappa shape index (κ1) is 21.2. The molecule has 2 aliphatic rings. The minimum Gasteiger partial charge on any atom is -0.355 e. The molecule has 1 amide bonds. The van der Waals surface area contributed by atoms with Crippen molar-refractivity contribution in [1.82, 2.24) is 20.0 Å². The Labute approximate surface area is 177 Å². The van der Waals surface area contributed by atoms with E-state index in [1.165, 1.54) is 19.5 Å². The number of rotatable bonds is 5. The van der Waals surface area contributed by atoms with Gasteiger partial charge in [0.05, 0.1) is 6.54 Å².